The molecule has 0 aliphatic heterocycles. The molecule has 3 rings (SSSR count). The average molecular weight is 369 g/mol. The molecule has 0 aromatic heterocycles. The van der Waals surface area contributed by atoms with E-state index in [4.69, 9.17) is 0 Å². The third-order valence-electron chi connectivity index (χ3n) is 7.87. The van der Waals surface area contributed by atoms with E-state index in [1.165, 1.54) is 89.9 Å². The van der Waals surface area contributed by atoms with Crippen LogP contribution in [0.3, 0.4) is 0 Å². The van der Waals surface area contributed by atoms with Gasteiger partial charge in [-0.25, -0.2) is 0 Å². The van der Waals surface area contributed by atoms with E-state index in [0.29, 0.717) is 0 Å². The van der Waals surface area contributed by atoms with Crippen LogP contribution in [0.4, 0.5) is 0 Å². The molecule has 0 heterocycles. The topological polar surface area (TPSA) is 0 Å². The van der Waals surface area contributed by atoms with Gasteiger partial charge in [-0.1, -0.05) is 83.4 Å². The van der Waals surface area contributed by atoms with Gasteiger partial charge in [-0.05, 0) is 85.8 Å². The summed E-state index contributed by atoms with van der Waals surface area (Å²) < 4.78 is 0. The molecule has 0 nitrogen and oxygen atoms in total. The van der Waals surface area contributed by atoms with E-state index in [1.54, 1.807) is 16.7 Å². The molecule has 1 aromatic carbocycles. The smallest absolute Gasteiger partial charge is 0.0162 e. The third-order valence-corrected chi connectivity index (χ3v) is 7.87. The summed E-state index contributed by atoms with van der Waals surface area (Å²) in [4.78, 5) is 0. The second-order valence-electron chi connectivity index (χ2n) is 9.91. The van der Waals surface area contributed by atoms with Gasteiger partial charge in [0.25, 0.3) is 0 Å². The Labute approximate surface area is 169 Å². The van der Waals surface area contributed by atoms with Crippen molar-refractivity contribution in [1.29, 1.82) is 0 Å². The largest absolute Gasteiger partial charge is 0.0654 e. The SMILES string of the molecule is CCCC1CCC(CCc2ccc(C3CCC(CCC)CC3)cc2C)CC1. The van der Waals surface area contributed by atoms with Gasteiger partial charge >= 0.3 is 0 Å². The van der Waals surface area contributed by atoms with Crippen molar-refractivity contribution in [3.05, 3.63) is 34.9 Å². The van der Waals surface area contributed by atoms with E-state index in [1.807, 2.05) is 0 Å². The predicted octanol–water partition coefficient (Wildman–Crippen LogP) is 8.61. The van der Waals surface area contributed by atoms with Crippen LogP contribution < -0.4 is 0 Å². The Bertz CT molecular complexity index is 541. The van der Waals surface area contributed by atoms with Gasteiger partial charge in [-0.15, -0.1) is 0 Å². The van der Waals surface area contributed by atoms with E-state index in [2.05, 4.69) is 39.0 Å². The maximum absolute atomic E-state index is 2.54. The van der Waals surface area contributed by atoms with Crippen LogP contribution in [0.1, 0.15) is 120 Å². The first-order chi connectivity index (χ1) is 13.2. The molecule has 152 valence electrons. The van der Waals surface area contributed by atoms with E-state index in [0.717, 1.165) is 23.7 Å². The van der Waals surface area contributed by atoms with Crippen LogP contribution >= 0.6 is 0 Å². The minimum atomic E-state index is 0.833. The summed E-state index contributed by atoms with van der Waals surface area (Å²) in [5.74, 6) is 3.88. The van der Waals surface area contributed by atoms with Crippen LogP contribution in [0.25, 0.3) is 0 Å². The standard InChI is InChI=1S/C27H44/c1-4-6-22-8-10-24(11-9-22)12-15-25-18-19-27(20-21(25)3)26-16-13-23(7-5-2)14-17-26/h18-20,22-24,26H,4-17H2,1-3H3. The highest BCUT2D eigenvalue weighted by Gasteiger charge is 2.23. The molecular formula is C27H44. The molecule has 0 atom stereocenters. The van der Waals surface area contributed by atoms with Crippen LogP contribution in [-0.4, -0.2) is 0 Å². The zero-order valence-corrected chi connectivity index (χ0v) is 18.4. The van der Waals surface area contributed by atoms with Crippen LogP contribution in [0.2, 0.25) is 0 Å². The second kappa shape index (κ2) is 10.7. The molecule has 2 saturated carbocycles. The van der Waals surface area contributed by atoms with Gasteiger partial charge < -0.3 is 0 Å². The number of benzene rings is 1. The maximum Gasteiger partial charge on any atom is -0.0162 e. The summed E-state index contributed by atoms with van der Waals surface area (Å²) in [5, 5.41) is 0. The molecule has 0 unspecified atom stereocenters. The Morgan fingerprint density at radius 3 is 1.74 bits per heavy atom. The highest BCUT2D eigenvalue weighted by molar-refractivity contribution is 5.33. The molecule has 2 fully saturated rings. The Morgan fingerprint density at radius 2 is 1.22 bits per heavy atom. The first-order valence-corrected chi connectivity index (χ1v) is 12.3. The third kappa shape index (κ3) is 6.10. The lowest BCUT2D eigenvalue weighted by atomic mass is 9.76. The van der Waals surface area contributed by atoms with Crippen molar-refractivity contribution in [1.82, 2.24) is 0 Å². The van der Waals surface area contributed by atoms with Gasteiger partial charge in [-0.3, -0.25) is 0 Å². The molecule has 2 aliphatic rings. The molecule has 27 heavy (non-hydrogen) atoms. The molecule has 0 heteroatoms. The lowest BCUT2D eigenvalue weighted by molar-refractivity contribution is 0.252. The monoisotopic (exact) mass is 368 g/mol. The molecule has 0 spiro atoms. The minimum Gasteiger partial charge on any atom is -0.0654 e. The summed E-state index contributed by atoms with van der Waals surface area (Å²) in [6, 6.07) is 7.50. The molecule has 2 aliphatic carbocycles. The van der Waals surface area contributed by atoms with Crippen molar-refractivity contribution in [2.75, 3.05) is 0 Å². The highest BCUT2D eigenvalue weighted by Crippen LogP contribution is 2.38. The van der Waals surface area contributed by atoms with Crippen molar-refractivity contribution >= 4 is 0 Å². The van der Waals surface area contributed by atoms with Crippen molar-refractivity contribution in [3.8, 4) is 0 Å². The van der Waals surface area contributed by atoms with Gasteiger partial charge in [0.05, 0.1) is 0 Å². The second-order valence-corrected chi connectivity index (χ2v) is 9.91. The predicted molar refractivity (Wildman–Crippen MR) is 119 cm³/mol. The maximum atomic E-state index is 2.54. The van der Waals surface area contributed by atoms with Crippen LogP contribution in [0.15, 0.2) is 18.2 Å². The summed E-state index contributed by atoms with van der Waals surface area (Å²) in [6.07, 6.45) is 20.1. The highest BCUT2D eigenvalue weighted by atomic mass is 14.3. The van der Waals surface area contributed by atoms with Gasteiger partial charge in [0.15, 0.2) is 0 Å². The van der Waals surface area contributed by atoms with E-state index < -0.39 is 0 Å². The first kappa shape index (κ1) is 20.9. The van der Waals surface area contributed by atoms with Crippen molar-refractivity contribution in [2.45, 2.75) is 117 Å². The van der Waals surface area contributed by atoms with Crippen LogP contribution in [0.5, 0.6) is 0 Å². The average Bonchev–Trinajstić information content (AvgIpc) is 2.69. The number of rotatable bonds is 8. The van der Waals surface area contributed by atoms with E-state index in [9.17, 15) is 0 Å². The summed E-state index contributed by atoms with van der Waals surface area (Å²) >= 11 is 0. The molecule has 0 amide bonds. The van der Waals surface area contributed by atoms with Gasteiger partial charge in [0.1, 0.15) is 0 Å². The van der Waals surface area contributed by atoms with Crippen molar-refractivity contribution < 1.29 is 0 Å². The molecular weight excluding hydrogens is 324 g/mol. The van der Waals surface area contributed by atoms with Crippen molar-refractivity contribution in [3.63, 3.8) is 0 Å². The first-order valence-electron chi connectivity index (χ1n) is 12.3. The van der Waals surface area contributed by atoms with Gasteiger partial charge in [0, 0.05) is 0 Å². The minimum absolute atomic E-state index is 0.833. The fourth-order valence-electron chi connectivity index (χ4n) is 6.02. The Kier molecular flexibility index (Phi) is 8.28. The number of aryl methyl sites for hydroxylation is 2. The zero-order valence-electron chi connectivity index (χ0n) is 18.4. The lowest BCUT2D eigenvalue weighted by Crippen LogP contribution is -2.15. The zero-order chi connectivity index (χ0) is 19.1. The molecule has 0 saturated heterocycles. The molecule has 0 radical (unpaired) electrons. The quantitative estimate of drug-likeness (QED) is 0.431. The van der Waals surface area contributed by atoms with E-state index in [-0.39, 0.29) is 0 Å². The molecule has 0 N–H and O–H groups in total. The number of hydrogen-bond donors (Lipinski definition) is 0. The summed E-state index contributed by atoms with van der Waals surface area (Å²) in [7, 11) is 0. The summed E-state index contributed by atoms with van der Waals surface area (Å²) in [6.45, 7) is 7.04. The molecule has 1 aromatic rings. The van der Waals surface area contributed by atoms with Crippen molar-refractivity contribution in [2.24, 2.45) is 17.8 Å². The normalized spacial score (nSPS) is 29.0. The number of hydrogen-bond acceptors (Lipinski definition) is 0. The Balaban J connectivity index is 1.46. The van der Waals surface area contributed by atoms with Gasteiger partial charge in [0.2, 0.25) is 0 Å². The Hall–Kier alpha value is -0.780. The van der Waals surface area contributed by atoms with Crippen LogP contribution in [0, 0.1) is 24.7 Å². The fraction of sp³-hybridized carbons (Fsp3) is 0.778. The van der Waals surface area contributed by atoms with Gasteiger partial charge in [-0.2, -0.15) is 0 Å². The van der Waals surface area contributed by atoms with Crippen LogP contribution in [-0.2, 0) is 6.42 Å². The Morgan fingerprint density at radius 1 is 0.704 bits per heavy atom. The lowest BCUT2D eigenvalue weighted by Gasteiger charge is -2.29. The summed E-state index contributed by atoms with van der Waals surface area (Å²) in [5.41, 5.74) is 4.81. The fourth-order valence-corrected chi connectivity index (χ4v) is 6.02. The molecule has 0 bridgehead atoms. The van der Waals surface area contributed by atoms with E-state index >= 15 is 0 Å².